The molecule has 2 rings (SSSR count). The first-order valence-corrected chi connectivity index (χ1v) is 6.10. The van der Waals surface area contributed by atoms with Gasteiger partial charge in [-0.2, -0.15) is 0 Å². The number of piperidine rings is 1. The van der Waals surface area contributed by atoms with Crippen LogP contribution in [0.15, 0.2) is 0 Å². The van der Waals surface area contributed by atoms with Gasteiger partial charge in [-0.15, -0.1) is 0 Å². The van der Waals surface area contributed by atoms with E-state index in [9.17, 15) is 5.11 Å². The molecule has 0 aromatic heterocycles. The van der Waals surface area contributed by atoms with E-state index in [1.807, 2.05) is 0 Å². The fourth-order valence-corrected chi connectivity index (χ4v) is 2.94. The molecule has 0 bridgehead atoms. The van der Waals surface area contributed by atoms with E-state index in [0.29, 0.717) is 6.04 Å². The molecule has 1 aliphatic carbocycles. The second-order valence-corrected chi connectivity index (χ2v) is 5.30. The van der Waals surface area contributed by atoms with Gasteiger partial charge in [0.25, 0.3) is 0 Å². The quantitative estimate of drug-likeness (QED) is 0.694. The third kappa shape index (κ3) is 1.96. The van der Waals surface area contributed by atoms with Crippen molar-refractivity contribution >= 4 is 0 Å². The number of aliphatic hydroxyl groups is 1. The molecule has 4 atom stereocenters. The molecule has 0 aromatic carbocycles. The second kappa shape index (κ2) is 4.19. The molecular weight excluding hydrogens is 174 g/mol. The van der Waals surface area contributed by atoms with Crippen molar-refractivity contribution in [2.75, 3.05) is 13.1 Å². The molecule has 1 saturated heterocycles. The van der Waals surface area contributed by atoms with Gasteiger partial charge in [0.1, 0.15) is 0 Å². The Morgan fingerprint density at radius 1 is 1.07 bits per heavy atom. The molecule has 1 N–H and O–H groups in total. The van der Waals surface area contributed by atoms with Crippen molar-refractivity contribution in [1.82, 2.24) is 4.90 Å². The van der Waals surface area contributed by atoms with Gasteiger partial charge < -0.3 is 5.11 Å². The maximum Gasteiger partial charge on any atom is 0.0695 e. The summed E-state index contributed by atoms with van der Waals surface area (Å²) >= 11 is 0. The summed E-state index contributed by atoms with van der Waals surface area (Å²) in [6.07, 6.45) is 4.71. The van der Waals surface area contributed by atoms with E-state index in [4.69, 9.17) is 0 Å². The smallest absolute Gasteiger partial charge is 0.0695 e. The predicted octanol–water partition coefficient (Wildman–Crippen LogP) is 1.88. The summed E-state index contributed by atoms with van der Waals surface area (Å²) in [6, 6.07) is 0.477. The zero-order chi connectivity index (χ0) is 10.1. The number of rotatable bonds is 1. The Kier molecular flexibility index (Phi) is 3.13. The number of aliphatic hydroxyl groups excluding tert-OH is 1. The van der Waals surface area contributed by atoms with Crippen LogP contribution in [0.5, 0.6) is 0 Å². The molecule has 2 heteroatoms. The van der Waals surface area contributed by atoms with Gasteiger partial charge in [-0.25, -0.2) is 0 Å². The highest BCUT2D eigenvalue weighted by Crippen LogP contribution is 2.30. The summed E-state index contributed by atoms with van der Waals surface area (Å²) in [4.78, 5) is 2.53. The minimum absolute atomic E-state index is 0.0457. The Bertz CT molecular complexity index is 195. The summed E-state index contributed by atoms with van der Waals surface area (Å²) in [7, 11) is 0. The lowest BCUT2D eigenvalue weighted by Crippen LogP contribution is -2.47. The van der Waals surface area contributed by atoms with Crippen molar-refractivity contribution in [3.63, 3.8) is 0 Å². The van der Waals surface area contributed by atoms with Gasteiger partial charge in [0, 0.05) is 12.6 Å². The Morgan fingerprint density at radius 3 is 2.43 bits per heavy atom. The maximum absolute atomic E-state index is 9.85. The maximum atomic E-state index is 9.85. The second-order valence-electron chi connectivity index (χ2n) is 5.30. The van der Waals surface area contributed by atoms with Gasteiger partial charge in [-0.05, 0) is 44.1 Å². The van der Waals surface area contributed by atoms with Crippen LogP contribution in [0.1, 0.15) is 39.5 Å². The van der Waals surface area contributed by atoms with Gasteiger partial charge in [0.15, 0.2) is 0 Å². The van der Waals surface area contributed by atoms with Crippen molar-refractivity contribution in [3.8, 4) is 0 Å². The number of hydrogen-bond acceptors (Lipinski definition) is 2. The lowest BCUT2D eigenvalue weighted by molar-refractivity contribution is 0.0316. The minimum atomic E-state index is -0.0457. The van der Waals surface area contributed by atoms with E-state index >= 15 is 0 Å². The molecule has 82 valence electrons. The van der Waals surface area contributed by atoms with Crippen molar-refractivity contribution in [1.29, 1.82) is 0 Å². The first-order chi connectivity index (χ1) is 6.68. The van der Waals surface area contributed by atoms with Crippen molar-refractivity contribution in [2.45, 2.75) is 51.7 Å². The summed E-state index contributed by atoms with van der Waals surface area (Å²) < 4.78 is 0. The van der Waals surface area contributed by atoms with Gasteiger partial charge in [0.2, 0.25) is 0 Å². The SMILES string of the molecule is CC1CCN([C@H]2CCC[C@@H]2O)CC1C. The topological polar surface area (TPSA) is 23.5 Å². The lowest BCUT2D eigenvalue weighted by Gasteiger charge is -2.39. The monoisotopic (exact) mass is 197 g/mol. The highest BCUT2D eigenvalue weighted by Gasteiger charge is 2.34. The predicted molar refractivity (Wildman–Crippen MR) is 58.2 cm³/mol. The van der Waals surface area contributed by atoms with Crippen LogP contribution < -0.4 is 0 Å². The fourth-order valence-electron chi connectivity index (χ4n) is 2.94. The Hall–Kier alpha value is -0.0800. The molecule has 1 saturated carbocycles. The molecule has 0 spiro atoms. The van der Waals surface area contributed by atoms with Crippen molar-refractivity contribution < 1.29 is 5.11 Å². The van der Waals surface area contributed by atoms with Gasteiger partial charge in [0.05, 0.1) is 6.10 Å². The minimum Gasteiger partial charge on any atom is -0.391 e. The van der Waals surface area contributed by atoms with Crippen LogP contribution >= 0.6 is 0 Å². The van der Waals surface area contributed by atoms with E-state index in [1.165, 1.54) is 32.4 Å². The number of likely N-dealkylation sites (tertiary alicyclic amines) is 1. The highest BCUT2D eigenvalue weighted by atomic mass is 16.3. The largest absolute Gasteiger partial charge is 0.391 e. The molecule has 0 aromatic rings. The van der Waals surface area contributed by atoms with Crippen LogP contribution in [0.4, 0.5) is 0 Å². The molecule has 0 amide bonds. The molecule has 2 nitrogen and oxygen atoms in total. The number of nitrogens with zero attached hydrogens (tertiary/aromatic N) is 1. The first kappa shape index (κ1) is 10.4. The average molecular weight is 197 g/mol. The van der Waals surface area contributed by atoms with Gasteiger partial charge in [-0.1, -0.05) is 13.8 Å². The summed E-state index contributed by atoms with van der Waals surface area (Å²) in [5.41, 5.74) is 0. The highest BCUT2D eigenvalue weighted by molar-refractivity contribution is 4.88. The normalized spacial score (nSPS) is 45.6. The fraction of sp³-hybridized carbons (Fsp3) is 1.00. The Labute approximate surface area is 87.3 Å². The molecule has 2 fully saturated rings. The van der Waals surface area contributed by atoms with Crippen molar-refractivity contribution in [2.24, 2.45) is 11.8 Å². The molecule has 2 aliphatic rings. The third-order valence-corrected chi connectivity index (χ3v) is 4.28. The van der Waals surface area contributed by atoms with E-state index < -0.39 is 0 Å². The molecule has 2 unspecified atom stereocenters. The summed E-state index contributed by atoms with van der Waals surface area (Å²) in [5, 5.41) is 9.85. The molecule has 14 heavy (non-hydrogen) atoms. The number of hydrogen-bond donors (Lipinski definition) is 1. The lowest BCUT2D eigenvalue weighted by atomic mass is 9.87. The van der Waals surface area contributed by atoms with Crippen LogP contribution in [-0.4, -0.2) is 35.2 Å². The van der Waals surface area contributed by atoms with Crippen LogP contribution in [0.2, 0.25) is 0 Å². The van der Waals surface area contributed by atoms with Crippen LogP contribution in [-0.2, 0) is 0 Å². The van der Waals surface area contributed by atoms with Crippen molar-refractivity contribution in [3.05, 3.63) is 0 Å². The van der Waals surface area contributed by atoms with E-state index in [1.54, 1.807) is 0 Å². The zero-order valence-corrected chi connectivity index (χ0v) is 9.45. The summed E-state index contributed by atoms with van der Waals surface area (Å²) in [5.74, 6) is 1.67. The van der Waals surface area contributed by atoms with E-state index in [2.05, 4.69) is 18.7 Å². The first-order valence-electron chi connectivity index (χ1n) is 6.10. The van der Waals surface area contributed by atoms with Gasteiger partial charge in [-0.3, -0.25) is 4.90 Å². The molecule has 1 heterocycles. The average Bonchev–Trinajstić information content (AvgIpc) is 2.57. The van der Waals surface area contributed by atoms with Crippen LogP contribution in [0, 0.1) is 11.8 Å². The molecule has 1 aliphatic heterocycles. The third-order valence-electron chi connectivity index (χ3n) is 4.28. The van der Waals surface area contributed by atoms with Crippen LogP contribution in [0.3, 0.4) is 0 Å². The Balaban J connectivity index is 1.92. The summed E-state index contributed by atoms with van der Waals surface area (Å²) in [6.45, 7) is 7.10. The van der Waals surface area contributed by atoms with Gasteiger partial charge >= 0.3 is 0 Å². The van der Waals surface area contributed by atoms with E-state index in [0.717, 1.165) is 18.3 Å². The van der Waals surface area contributed by atoms with E-state index in [-0.39, 0.29) is 6.10 Å². The molecular formula is C12H23NO. The zero-order valence-electron chi connectivity index (χ0n) is 9.45. The standard InChI is InChI=1S/C12H23NO/c1-9-6-7-13(8-10(9)2)11-4-3-5-12(11)14/h9-12,14H,3-8H2,1-2H3/t9?,10?,11-,12-/m0/s1. The Morgan fingerprint density at radius 2 is 1.86 bits per heavy atom. The van der Waals surface area contributed by atoms with Crippen LogP contribution in [0.25, 0.3) is 0 Å². The molecule has 0 radical (unpaired) electrons.